The zero-order chi connectivity index (χ0) is 12.0. The number of thiocarbonyl (C=S) groups is 1. The first-order chi connectivity index (χ1) is 7.59. The van der Waals surface area contributed by atoms with Crippen LogP contribution in [0.5, 0.6) is 0 Å². The molecule has 0 saturated heterocycles. The molecule has 6 nitrogen and oxygen atoms in total. The highest BCUT2D eigenvalue weighted by atomic mass is 32.1. The van der Waals surface area contributed by atoms with Crippen molar-refractivity contribution >= 4 is 23.1 Å². The highest BCUT2D eigenvalue weighted by molar-refractivity contribution is 7.80. The standard InChI is InChI=1S/C9H15N5OS/c1-13(4-2-8(10)16)9(15)3-5-14-7-11-6-12-14/h6-7H,2-5H2,1H3,(H2,10,16). The zero-order valence-corrected chi connectivity index (χ0v) is 9.98. The van der Waals surface area contributed by atoms with E-state index in [1.165, 1.54) is 6.33 Å². The number of hydrogen-bond acceptors (Lipinski definition) is 4. The molecule has 16 heavy (non-hydrogen) atoms. The Bertz CT molecular complexity index is 351. The third kappa shape index (κ3) is 4.35. The molecule has 2 N–H and O–H groups in total. The van der Waals surface area contributed by atoms with Gasteiger partial charge < -0.3 is 10.6 Å². The topological polar surface area (TPSA) is 77.0 Å². The van der Waals surface area contributed by atoms with Gasteiger partial charge in [0.1, 0.15) is 12.7 Å². The third-order valence-electron chi connectivity index (χ3n) is 2.14. The Morgan fingerprint density at radius 1 is 1.56 bits per heavy atom. The molecule has 1 aromatic heterocycles. The quantitative estimate of drug-likeness (QED) is 0.698. The van der Waals surface area contributed by atoms with Crippen LogP contribution < -0.4 is 5.73 Å². The molecular formula is C9H15N5OS. The van der Waals surface area contributed by atoms with Crippen LogP contribution >= 0.6 is 12.2 Å². The molecule has 0 radical (unpaired) electrons. The van der Waals surface area contributed by atoms with Crippen molar-refractivity contribution in [2.24, 2.45) is 5.73 Å². The number of hydrogen-bond donors (Lipinski definition) is 1. The van der Waals surface area contributed by atoms with Crippen molar-refractivity contribution in [2.75, 3.05) is 13.6 Å². The van der Waals surface area contributed by atoms with Crippen molar-refractivity contribution in [3.8, 4) is 0 Å². The lowest BCUT2D eigenvalue weighted by Gasteiger charge is -2.16. The lowest BCUT2D eigenvalue weighted by molar-refractivity contribution is -0.130. The highest BCUT2D eigenvalue weighted by Crippen LogP contribution is 1.95. The van der Waals surface area contributed by atoms with E-state index in [2.05, 4.69) is 10.1 Å². The Morgan fingerprint density at radius 3 is 2.88 bits per heavy atom. The summed E-state index contributed by atoms with van der Waals surface area (Å²) < 4.78 is 1.62. The van der Waals surface area contributed by atoms with E-state index < -0.39 is 0 Å². The third-order valence-corrected chi connectivity index (χ3v) is 2.34. The van der Waals surface area contributed by atoms with Crippen molar-refractivity contribution in [1.82, 2.24) is 19.7 Å². The Balaban J connectivity index is 2.26. The number of nitrogens with zero attached hydrogens (tertiary/aromatic N) is 4. The summed E-state index contributed by atoms with van der Waals surface area (Å²) in [6.07, 6.45) is 3.99. The molecule has 88 valence electrons. The second kappa shape index (κ2) is 6.16. The van der Waals surface area contributed by atoms with Crippen LogP contribution in [0.15, 0.2) is 12.7 Å². The minimum Gasteiger partial charge on any atom is -0.393 e. The summed E-state index contributed by atoms with van der Waals surface area (Å²) in [6, 6.07) is 0. The first kappa shape index (κ1) is 12.6. The van der Waals surface area contributed by atoms with Gasteiger partial charge in [0, 0.05) is 26.4 Å². The van der Waals surface area contributed by atoms with Gasteiger partial charge in [-0.15, -0.1) is 0 Å². The molecule has 7 heteroatoms. The summed E-state index contributed by atoms with van der Waals surface area (Å²) in [5, 5.41) is 3.92. The van der Waals surface area contributed by atoms with E-state index in [4.69, 9.17) is 18.0 Å². The first-order valence-corrected chi connectivity index (χ1v) is 5.35. The summed E-state index contributed by atoms with van der Waals surface area (Å²) in [4.78, 5) is 17.5. The van der Waals surface area contributed by atoms with Crippen LogP contribution in [0.1, 0.15) is 12.8 Å². The molecule has 1 amide bonds. The summed E-state index contributed by atoms with van der Waals surface area (Å²) in [7, 11) is 1.74. The molecule has 0 atom stereocenters. The maximum absolute atomic E-state index is 11.6. The summed E-state index contributed by atoms with van der Waals surface area (Å²) >= 11 is 4.75. The van der Waals surface area contributed by atoms with Crippen molar-refractivity contribution in [2.45, 2.75) is 19.4 Å². The second-order valence-corrected chi connectivity index (χ2v) is 3.96. The van der Waals surface area contributed by atoms with Crippen molar-refractivity contribution in [3.63, 3.8) is 0 Å². The number of carbonyl (C=O) groups is 1. The lowest BCUT2D eigenvalue weighted by Crippen LogP contribution is -2.30. The van der Waals surface area contributed by atoms with Crippen molar-refractivity contribution in [3.05, 3.63) is 12.7 Å². The van der Waals surface area contributed by atoms with E-state index in [0.717, 1.165) is 0 Å². The summed E-state index contributed by atoms with van der Waals surface area (Å²) in [5.74, 6) is 0.0479. The molecule has 0 bridgehead atoms. The van der Waals surface area contributed by atoms with Gasteiger partial charge in [-0.1, -0.05) is 12.2 Å². The Labute approximate surface area is 99.4 Å². The van der Waals surface area contributed by atoms with Gasteiger partial charge in [-0.2, -0.15) is 5.10 Å². The van der Waals surface area contributed by atoms with E-state index in [9.17, 15) is 4.79 Å². The van der Waals surface area contributed by atoms with Gasteiger partial charge >= 0.3 is 0 Å². The molecule has 0 aromatic carbocycles. The lowest BCUT2D eigenvalue weighted by atomic mass is 10.3. The van der Waals surface area contributed by atoms with Gasteiger partial charge in [-0.05, 0) is 0 Å². The van der Waals surface area contributed by atoms with Gasteiger partial charge in [0.05, 0.1) is 11.5 Å². The molecule has 1 rings (SSSR count). The van der Waals surface area contributed by atoms with Gasteiger partial charge in [0.2, 0.25) is 5.91 Å². The molecule has 0 aliphatic carbocycles. The van der Waals surface area contributed by atoms with Gasteiger partial charge in [0.25, 0.3) is 0 Å². The molecular weight excluding hydrogens is 226 g/mol. The zero-order valence-electron chi connectivity index (χ0n) is 9.17. The molecule has 0 unspecified atom stereocenters. The predicted molar refractivity (Wildman–Crippen MR) is 63.7 cm³/mol. The van der Waals surface area contributed by atoms with Crippen molar-refractivity contribution in [1.29, 1.82) is 0 Å². The molecule has 0 saturated carbocycles. The van der Waals surface area contributed by atoms with Gasteiger partial charge in [0.15, 0.2) is 0 Å². The minimum absolute atomic E-state index is 0.0479. The van der Waals surface area contributed by atoms with E-state index in [1.807, 2.05) is 0 Å². The maximum Gasteiger partial charge on any atom is 0.224 e. The molecule has 0 spiro atoms. The van der Waals surface area contributed by atoms with Crippen LogP contribution in [0.25, 0.3) is 0 Å². The van der Waals surface area contributed by atoms with Crippen LogP contribution in [-0.4, -0.2) is 44.2 Å². The number of rotatable bonds is 6. The number of nitrogens with two attached hydrogens (primary N) is 1. The van der Waals surface area contributed by atoms with E-state index >= 15 is 0 Å². The van der Waals surface area contributed by atoms with Crippen LogP contribution in [0.3, 0.4) is 0 Å². The molecule has 0 aliphatic rings. The van der Waals surface area contributed by atoms with Crippen molar-refractivity contribution < 1.29 is 4.79 Å². The molecule has 0 fully saturated rings. The number of amides is 1. The fourth-order valence-electron chi connectivity index (χ4n) is 1.15. The smallest absolute Gasteiger partial charge is 0.224 e. The van der Waals surface area contributed by atoms with Crippen LogP contribution in [0, 0.1) is 0 Å². The average molecular weight is 241 g/mol. The van der Waals surface area contributed by atoms with E-state index in [-0.39, 0.29) is 5.91 Å². The largest absolute Gasteiger partial charge is 0.393 e. The SMILES string of the molecule is CN(CCC(N)=S)C(=O)CCn1cncn1. The number of aromatic nitrogens is 3. The minimum atomic E-state index is 0.0479. The fourth-order valence-corrected chi connectivity index (χ4v) is 1.24. The van der Waals surface area contributed by atoms with Gasteiger partial charge in [-0.25, -0.2) is 4.98 Å². The molecule has 0 aliphatic heterocycles. The van der Waals surface area contributed by atoms with Crippen LogP contribution in [0.2, 0.25) is 0 Å². The van der Waals surface area contributed by atoms with E-state index in [0.29, 0.717) is 30.9 Å². The molecule has 1 aromatic rings. The predicted octanol–water partition coefficient (Wildman–Crippen LogP) is -0.197. The van der Waals surface area contributed by atoms with Gasteiger partial charge in [-0.3, -0.25) is 9.48 Å². The summed E-state index contributed by atoms with van der Waals surface area (Å²) in [5.41, 5.74) is 5.36. The summed E-state index contributed by atoms with van der Waals surface area (Å²) in [6.45, 7) is 1.10. The van der Waals surface area contributed by atoms with Crippen LogP contribution in [0.4, 0.5) is 0 Å². The Morgan fingerprint density at radius 2 is 2.31 bits per heavy atom. The Hall–Kier alpha value is -1.50. The van der Waals surface area contributed by atoms with E-state index in [1.54, 1.807) is 23.0 Å². The number of carbonyl (C=O) groups excluding carboxylic acids is 1. The maximum atomic E-state index is 11.6. The van der Waals surface area contributed by atoms with Crippen LogP contribution in [-0.2, 0) is 11.3 Å². The Kier molecular flexibility index (Phi) is 4.84. The fraction of sp³-hybridized carbons (Fsp3) is 0.556. The first-order valence-electron chi connectivity index (χ1n) is 4.94. The highest BCUT2D eigenvalue weighted by Gasteiger charge is 2.08. The average Bonchev–Trinajstić information content (AvgIpc) is 2.75. The second-order valence-electron chi connectivity index (χ2n) is 3.44. The molecule has 1 heterocycles. The monoisotopic (exact) mass is 241 g/mol. The number of aryl methyl sites for hydroxylation is 1. The normalized spacial score (nSPS) is 10.1.